The Hall–Kier alpha value is -0.850. The largest absolute Gasteiger partial charge is 0.485 e. The lowest BCUT2D eigenvalue weighted by molar-refractivity contribution is -0.0249. The molecule has 1 N–H and O–H groups in total. The van der Waals surface area contributed by atoms with E-state index in [-0.39, 0.29) is 11.3 Å². The first-order valence-electron chi connectivity index (χ1n) is 9.64. The smallest absolute Gasteiger partial charge is 0.200 e. The number of benzene rings is 1. The van der Waals surface area contributed by atoms with Crippen LogP contribution >= 0.6 is 11.8 Å². The van der Waals surface area contributed by atoms with Gasteiger partial charge in [-0.15, -0.1) is 0 Å². The number of aliphatic hydroxyl groups is 1. The van der Waals surface area contributed by atoms with E-state index in [2.05, 4.69) is 4.90 Å². The number of aliphatic hydroxyl groups excluding tert-OH is 1. The Bertz CT molecular complexity index is 653. The van der Waals surface area contributed by atoms with Crippen LogP contribution in [0.3, 0.4) is 0 Å². The number of fused-ring (bicyclic) bond motifs is 1. The van der Waals surface area contributed by atoms with Gasteiger partial charge in [0.05, 0.1) is 6.10 Å². The molecule has 4 atom stereocenters. The minimum absolute atomic E-state index is 0.0882. The highest BCUT2D eigenvalue weighted by Gasteiger charge is 2.44. The lowest BCUT2D eigenvalue weighted by atomic mass is 9.78. The average Bonchev–Trinajstić information content (AvgIpc) is 3.06. The summed E-state index contributed by atoms with van der Waals surface area (Å²) in [6.45, 7) is 3.62. The molecular formula is C20H27F2NO2S. The molecule has 2 heterocycles. The van der Waals surface area contributed by atoms with Crippen LogP contribution in [0.5, 0.6) is 5.75 Å². The van der Waals surface area contributed by atoms with Crippen LogP contribution in [-0.4, -0.2) is 52.9 Å². The lowest BCUT2D eigenvalue weighted by Crippen LogP contribution is -2.42. The number of hydrogen-bond donors (Lipinski definition) is 1. The van der Waals surface area contributed by atoms with Crippen LogP contribution in [0.1, 0.15) is 31.2 Å². The number of nitrogens with zero attached hydrogens (tertiary/aromatic N) is 1. The zero-order chi connectivity index (χ0) is 18.3. The minimum Gasteiger partial charge on any atom is -0.485 e. The standard InChI is InChI=1S/C20H27F2NO2S/c1-12-2-3-17(20(22)19(12)21)25-18-9-14-11-23(10-13(14)8-16(18)24)15-4-6-26-7-5-15/h2-3,13-16,18,24H,4-11H2,1H3/t13-,14+,16+,18+/m0/s1. The van der Waals surface area contributed by atoms with Crippen molar-refractivity contribution in [3.8, 4) is 5.75 Å². The van der Waals surface area contributed by atoms with Crippen molar-refractivity contribution in [3.05, 3.63) is 29.3 Å². The number of thioether (sulfide) groups is 1. The van der Waals surface area contributed by atoms with E-state index >= 15 is 0 Å². The van der Waals surface area contributed by atoms with Crippen molar-refractivity contribution in [2.24, 2.45) is 11.8 Å². The minimum atomic E-state index is -0.952. The summed E-state index contributed by atoms with van der Waals surface area (Å²) in [6.07, 6.45) is 2.81. The summed E-state index contributed by atoms with van der Waals surface area (Å²) in [5.41, 5.74) is 0.260. The molecule has 4 rings (SSSR count). The predicted octanol–water partition coefficient (Wildman–Crippen LogP) is 3.62. The maximum absolute atomic E-state index is 14.1. The van der Waals surface area contributed by atoms with E-state index < -0.39 is 23.8 Å². The van der Waals surface area contributed by atoms with Crippen molar-refractivity contribution in [2.75, 3.05) is 24.6 Å². The first-order chi connectivity index (χ1) is 12.5. The van der Waals surface area contributed by atoms with Gasteiger partial charge in [0.1, 0.15) is 6.10 Å². The summed E-state index contributed by atoms with van der Waals surface area (Å²) in [7, 11) is 0. The molecule has 3 aliphatic rings. The van der Waals surface area contributed by atoms with Crippen LogP contribution in [0.4, 0.5) is 8.78 Å². The summed E-state index contributed by atoms with van der Waals surface area (Å²) in [5.74, 6) is 1.52. The number of ether oxygens (including phenoxy) is 1. The van der Waals surface area contributed by atoms with Gasteiger partial charge in [0.2, 0.25) is 5.82 Å². The van der Waals surface area contributed by atoms with Gasteiger partial charge in [-0.25, -0.2) is 4.39 Å². The number of rotatable bonds is 3. The van der Waals surface area contributed by atoms with E-state index in [1.807, 2.05) is 11.8 Å². The molecule has 1 saturated carbocycles. The SMILES string of the molecule is Cc1ccc(O[C@@H]2C[C@@H]3CN(C4CCSCC4)C[C@@H]3C[C@H]2O)c(F)c1F. The molecule has 0 unspecified atom stereocenters. The molecule has 144 valence electrons. The molecule has 0 bridgehead atoms. The monoisotopic (exact) mass is 383 g/mol. The van der Waals surface area contributed by atoms with Crippen LogP contribution in [0.25, 0.3) is 0 Å². The van der Waals surface area contributed by atoms with Gasteiger partial charge >= 0.3 is 0 Å². The van der Waals surface area contributed by atoms with Gasteiger partial charge in [-0.3, -0.25) is 4.90 Å². The maximum atomic E-state index is 14.1. The van der Waals surface area contributed by atoms with Gasteiger partial charge in [-0.05, 0) is 67.6 Å². The zero-order valence-electron chi connectivity index (χ0n) is 15.2. The van der Waals surface area contributed by atoms with Crippen LogP contribution in [0.15, 0.2) is 12.1 Å². The molecule has 1 aromatic rings. The second-order valence-electron chi connectivity index (χ2n) is 8.02. The Labute approximate surface area is 158 Å². The Balaban J connectivity index is 1.42. The van der Waals surface area contributed by atoms with Gasteiger partial charge < -0.3 is 9.84 Å². The molecule has 2 aliphatic heterocycles. The van der Waals surface area contributed by atoms with E-state index in [1.54, 1.807) is 0 Å². The van der Waals surface area contributed by atoms with E-state index in [1.165, 1.54) is 43.4 Å². The highest BCUT2D eigenvalue weighted by molar-refractivity contribution is 7.99. The van der Waals surface area contributed by atoms with Gasteiger partial charge in [-0.1, -0.05) is 6.07 Å². The van der Waals surface area contributed by atoms with Crippen molar-refractivity contribution in [3.63, 3.8) is 0 Å². The molecule has 0 spiro atoms. The summed E-state index contributed by atoms with van der Waals surface area (Å²) in [6, 6.07) is 3.65. The highest BCUT2D eigenvalue weighted by atomic mass is 32.2. The first-order valence-corrected chi connectivity index (χ1v) is 10.8. The van der Waals surface area contributed by atoms with E-state index in [0.717, 1.165) is 13.1 Å². The summed E-state index contributed by atoms with van der Waals surface area (Å²) >= 11 is 2.04. The zero-order valence-corrected chi connectivity index (χ0v) is 16.0. The third kappa shape index (κ3) is 3.60. The van der Waals surface area contributed by atoms with Crippen LogP contribution in [0, 0.1) is 30.4 Å². The van der Waals surface area contributed by atoms with Crippen LogP contribution in [0.2, 0.25) is 0 Å². The summed E-state index contributed by atoms with van der Waals surface area (Å²) < 4.78 is 33.7. The Morgan fingerprint density at radius 2 is 1.77 bits per heavy atom. The molecule has 26 heavy (non-hydrogen) atoms. The lowest BCUT2D eigenvalue weighted by Gasteiger charge is -2.35. The topological polar surface area (TPSA) is 32.7 Å². The molecule has 0 radical (unpaired) electrons. The molecule has 0 amide bonds. The van der Waals surface area contributed by atoms with Crippen LogP contribution < -0.4 is 4.74 Å². The average molecular weight is 384 g/mol. The maximum Gasteiger partial charge on any atom is 0.200 e. The molecular weight excluding hydrogens is 356 g/mol. The molecule has 3 nitrogen and oxygen atoms in total. The van der Waals surface area contributed by atoms with Gasteiger partial charge in [-0.2, -0.15) is 16.2 Å². The summed E-state index contributed by atoms with van der Waals surface area (Å²) in [5, 5.41) is 10.5. The quantitative estimate of drug-likeness (QED) is 0.864. The van der Waals surface area contributed by atoms with E-state index in [0.29, 0.717) is 30.7 Å². The fourth-order valence-corrected chi connectivity index (χ4v) is 5.87. The van der Waals surface area contributed by atoms with Crippen molar-refractivity contribution >= 4 is 11.8 Å². The molecule has 1 aromatic carbocycles. The Morgan fingerprint density at radius 3 is 2.50 bits per heavy atom. The van der Waals surface area contributed by atoms with Crippen molar-refractivity contribution < 1.29 is 18.6 Å². The van der Waals surface area contributed by atoms with Gasteiger partial charge in [0.25, 0.3) is 0 Å². The fraction of sp³-hybridized carbons (Fsp3) is 0.700. The number of halogens is 2. The Kier molecular flexibility index (Phi) is 5.44. The Morgan fingerprint density at radius 1 is 1.08 bits per heavy atom. The molecule has 0 aromatic heterocycles. The number of likely N-dealkylation sites (tertiary alicyclic amines) is 1. The number of hydrogen-bond acceptors (Lipinski definition) is 4. The predicted molar refractivity (Wildman–Crippen MR) is 99.7 cm³/mol. The summed E-state index contributed by atoms with van der Waals surface area (Å²) in [4.78, 5) is 2.59. The third-order valence-corrected chi connectivity index (χ3v) is 7.39. The van der Waals surface area contributed by atoms with E-state index in [4.69, 9.17) is 4.74 Å². The second kappa shape index (κ2) is 7.64. The van der Waals surface area contributed by atoms with Gasteiger partial charge in [0.15, 0.2) is 11.6 Å². The fourth-order valence-electron chi connectivity index (χ4n) is 4.78. The molecule has 6 heteroatoms. The molecule has 1 aliphatic carbocycles. The van der Waals surface area contributed by atoms with Crippen molar-refractivity contribution in [1.29, 1.82) is 0 Å². The highest BCUT2D eigenvalue weighted by Crippen LogP contribution is 2.40. The molecule has 2 saturated heterocycles. The van der Waals surface area contributed by atoms with Crippen LogP contribution in [-0.2, 0) is 0 Å². The first kappa shape index (κ1) is 18.5. The number of aryl methyl sites for hydroxylation is 1. The van der Waals surface area contributed by atoms with Crippen molar-refractivity contribution in [2.45, 2.75) is 50.9 Å². The van der Waals surface area contributed by atoms with Crippen molar-refractivity contribution in [1.82, 2.24) is 4.90 Å². The second-order valence-corrected chi connectivity index (χ2v) is 9.25. The molecule has 3 fully saturated rings. The normalized spacial score (nSPS) is 33.2. The third-order valence-electron chi connectivity index (χ3n) is 6.34. The van der Waals surface area contributed by atoms with E-state index in [9.17, 15) is 13.9 Å². The van der Waals surface area contributed by atoms with Gasteiger partial charge in [0, 0.05) is 19.1 Å².